The van der Waals surface area contributed by atoms with Crippen LogP contribution in [-0.4, -0.2) is 125 Å². The van der Waals surface area contributed by atoms with Gasteiger partial charge in [0.1, 0.15) is 42.7 Å². The van der Waals surface area contributed by atoms with Crippen molar-refractivity contribution in [2.45, 2.75) is 106 Å². The predicted octanol–water partition coefficient (Wildman–Crippen LogP) is -2.50. The van der Waals surface area contributed by atoms with Gasteiger partial charge < -0.3 is 60.1 Å². The minimum atomic E-state index is -1.67. The molecule has 0 radical (unpaired) electrons. The number of carbonyl (C=O) groups is 1. The van der Waals surface area contributed by atoms with E-state index in [-0.39, 0.29) is 5.97 Å². The van der Waals surface area contributed by atoms with E-state index in [2.05, 4.69) is 4.74 Å². The molecule has 0 spiro atoms. The van der Waals surface area contributed by atoms with Crippen LogP contribution in [0.5, 0.6) is 0 Å². The summed E-state index contributed by atoms with van der Waals surface area (Å²) in [5.41, 5.74) is 6.20. The van der Waals surface area contributed by atoms with Crippen LogP contribution in [0.25, 0.3) is 0 Å². The number of methoxy groups -OCH3 is 1. The molecule has 206 valence electrons. The summed E-state index contributed by atoms with van der Waals surface area (Å²) in [6.45, 7) is -0.876. The summed E-state index contributed by atoms with van der Waals surface area (Å²) in [4.78, 5) is 11.1. The van der Waals surface area contributed by atoms with Crippen molar-refractivity contribution in [3.8, 4) is 0 Å². The zero-order valence-corrected chi connectivity index (χ0v) is 20.1. The molecule has 2 fully saturated rings. The predicted molar refractivity (Wildman–Crippen MR) is 119 cm³/mol. The number of esters is 1. The molecule has 13 heteroatoms. The van der Waals surface area contributed by atoms with Crippen LogP contribution in [0.1, 0.15) is 44.9 Å². The second-order valence-electron chi connectivity index (χ2n) is 8.91. The Morgan fingerprint density at radius 1 is 0.800 bits per heavy atom. The lowest BCUT2D eigenvalue weighted by Crippen LogP contribution is -2.66. The molecule has 0 aliphatic carbocycles. The molecule has 2 aliphatic rings. The highest BCUT2D eigenvalue weighted by atomic mass is 16.7. The molecule has 35 heavy (non-hydrogen) atoms. The van der Waals surface area contributed by atoms with Crippen LogP contribution in [-0.2, 0) is 28.5 Å². The highest BCUT2D eigenvalue weighted by molar-refractivity contribution is 5.68. The van der Waals surface area contributed by atoms with Crippen molar-refractivity contribution in [1.29, 1.82) is 0 Å². The summed E-state index contributed by atoms with van der Waals surface area (Å²) in [6.07, 6.45) is -6.61. The third-order valence-corrected chi connectivity index (χ3v) is 6.32. The normalized spacial score (nSPS) is 37.8. The van der Waals surface area contributed by atoms with Crippen LogP contribution in [0.2, 0.25) is 0 Å². The molecule has 0 saturated carbocycles. The summed E-state index contributed by atoms with van der Waals surface area (Å²) in [6, 6.07) is -1.03. The van der Waals surface area contributed by atoms with Crippen LogP contribution >= 0.6 is 0 Å². The maximum absolute atomic E-state index is 11.1. The number of unbranched alkanes of at least 4 members (excludes halogenated alkanes) is 5. The molecule has 13 nitrogen and oxygen atoms in total. The minimum absolute atomic E-state index is 0.206. The summed E-state index contributed by atoms with van der Waals surface area (Å²) in [5, 5.41) is 59.7. The Balaban J connectivity index is 1.82. The van der Waals surface area contributed by atoms with Crippen molar-refractivity contribution in [2.24, 2.45) is 5.73 Å². The third-order valence-electron chi connectivity index (χ3n) is 6.32. The van der Waals surface area contributed by atoms with E-state index in [1.807, 2.05) is 0 Å². The Labute approximate surface area is 204 Å². The van der Waals surface area contributed by atoms with Gasteiger partial charge in [0, 0.05) is 13.0 Å². The topological polar surface area (TPSA) is 211 Å². The Kier molecular flexibility index (Phi) is 13.2. The standard InChI is InChI=1S/C22H41NO12/c1-31-14(26)8-6-4-2-3-5-7-9-32-21-15(23)20(17(28)13(11-25)33-21)35-22-19(30)18(29)16(27)12(10-24)34-22/h12-13,15-22,24-25,27-30H,2-11,23H2,1H3/t12?,13?,15?,16-,17+,18?,19?,20?,21-,22-/m0/s1. The molecule has 0 bridgehead atoms. The molecule has 2 rings (SSSR count). The monoisotopic (exact) mass is 511 g/mol. The molecule has 6 unspecified atom stereocenters. The van der Waals surface area contributed by atoms with Gasteiger partial charge in [-0.3, -0.25) is 4.79 Å². The van der Waals surface area contributed by atoms with Gasteiger partial charge >= 0.3 is 5.97 Å². The molecule has 0 amide bonds. The number of aliphatic hydroxyl groups is 6. The van der Waals surface area contributed by atoms with E-state index >= 15 is 0 Å². The van der Waals surface area contributed by atoms with Crippen LogP contribution in [0.4, 0.5) is 0 Å². The fourth-order valence-corrected chi connectivity index (χ4v) is 4.12. The van der Waals surface area contributed by atoms with Crippen molar-refractivity contribution in [3.05, 3.63) is 0 Å². The van der Waals surface area contributed by atoms with Crippen molar-refractivity contribution in [3.63, 3.8) is 0 Å². The van der Waals surface area contributed by atoms with Crippen molar-refractivity contribution in [1.82, 2.24) is 0 Å². The quantitative estimate of drug-likeness (QED) is 0.0950. The first kappa shape index (κ1) is 30.3. The first-order valence-corrected chi connectivity index (χ1v) is 12.1. The lowest BCUT2D eigenvalue weighted by atomic mass is 9.96. The van der Waals surface area contributed by atoms with Gasteiger partial charge in [-0.05, 0) is 12.8 Å². The lowest BCUT2D eigenvalue weighted by molar-refractivity contribution is -0.343. The summed E-state index contributed by atoms with van der Waals surface area (Å²) >= 11 is 0. The minimum Gasteiger partial charge on any atom is -0.469 e. The van der Waals surface area contributed by atoms with Crippen molar-refractivity contribution < 1.29 is 59.1 Å². The zero-order chi connectivity index (χ0) is 26.0. The smallest absolute Gasteiger partial charge is 0.305 e. The molecule has 2 aliphatic heterocycles. The maximum Gasteiger partial charge on any atom is 0.305 e. The summed E-state index contributed by atoms with van der Waals surface area (Å²) < 4.78 is 26.9. The van der Waals surface area contributed by atoms with E-state index in [1.54, 1.807) is 0 Å². The number of hydrogen-bond acceptors (Lipinski definition) is 13. The average Bonchev–Trinajstić information content (AvgIpc) is 2.86. The SMILES string of the molecule is COC(=O)CCCCCCCCO[C@H]1OC(CO)[C@@H](O)C(O[C@@H]2OC(CO)[C@H](O)C(O)C2O)C1N. The van der Waals surface area contributed by atoms with Gasteiger partial charge in [0.25, 0.3) is 0 Å². The number of aliphatic hydroxyl groups excluding tert-OH is 6. The Morgan fingerprint density at radius 3 is 2.00 bits per heavy atom. The van der Waals surface area contributed by atoms with Gasteiger partial charge in [0.05, 0.1) is 26.4 Å². The Morgan fingerprint density at radius 2 is 1.37 bits per heavy atom. The van der Waals surface area contributed by atoms with E-state index in [0.29, 0.717) is 19.4 Å². The zero-order valence-electron chi connectivity index (χ0n) is 20.1. The summed E-state index contributed by atoms with van der Waals surface area (Å²) in [5.74, 6) is -0.206. The van der Waals surface area contributed by atoms with Gasteiger partial charge in [-0.1, -0.05) is 25.7 Å². The van der Waals surface area contributed by atoms with E-state index in [1.165, 1.54) is 7.11 Å². The number of rotatable bonds is 14. The largest absolute Gasteiger partial charge is 0.469 e. The van der Waals surface area contributed by atoms with E-state index < -0.39 is 74.6 Å². The van der Waals surface area contributed by atoms with Crippen LogP contribution < -0.4 is 5.73 Å². The lowest BCUT2D eigenvalue weighted by Gasteiger charge is -2.46. The van der Waals surface area contributed by atoms with Crippen LogP contribution in [0.15, 0.2) is 0 Å². The van der Waals surface area contributed by atoms with Crippen LogP contribution in [0.3, 0.4) is 0 Å². The van der Waals surface area contributed by atoms with Gasteiger partial charge in [0.15, 0.2) is 12.6 Å². The molecular weight excluding hydrogens is 470 g/mol. The second-order valence-corrected chi connectivity index (χ2v) is 8.91. The molecule has 2 heterocycles. The highest BCUT2D eigenvalue weighted by Crippen LogP contribution is 2.29. The second kappa shape index (κ2) is 15.3. The highest BCUT2D eigenvalue weighted by Gasteiger charge is 2.50. The Hall–Kier alpha value is -0.970. The van der Waals surface area contributed by atoms with Crippen LogP contribution in [0, 0.1) is 0 Å². The fraction of sp³-hybridized carbons (Fsp3) is 0.955. The number of ether oxygens (including phenoxy) is 5. The molecule has 0 aromatic carbocycles. The third kappa shape index (κ3) is 8.54. The van der Waals surface area contributed by atoms with Crippen molar-refractivity contribution >= 4 is 5.97 Å². The number of hydrogen-bond donors (Lipinski definition) is 7. The van der Waals surface area contributed by atoms with Gasteiger partial charge in [0.2, 0.25) is 0 Å². The first-order valence-electron chi connectivity index (χ1n) is 12.1. The molecule has 0 aromatic rings. The number of carbonyl (C=O) groups excluding carboxylic acids is 1. The van der Waals surface area contributed by atoms with E-state index in [0.717, 1.165) is 32.1 Å². The van der Waals surface area contributed by atoms with Crippen molar-refractivity contribution in [2.75, 3.05) is 26.9 Å². The van der Waals surface area contributed by atoms with E-state index in [9.17, 15) is 35.4 Å². The molecule has 0 aromatic heterocycles. The van der Waals surface area contributed by atoms with Gasteiger partial charge in [-0.2, -0.15) is 0 Å². The Bertz CT molecular complexity index is 611. The fourth-order valence-electron chi connectivity index (χ4n) is 4.12. The molecule has 8 N–H and O–H groups in total. The molecular formula is C22H41NO12. The molecule has 2 saturated heterocycles. The first-order chi connectivity index (χ1) is 16.7. The number of nitrogens with two attached hydrogens (primary N) is 1. The van der Waals surface area contributed by atoms with E-state index in [4.69, 9.17) is 24.7 Å². The molecule has 10 atom stereocenters. The van der Waals surface area contributed by atoms with Gasteiger partial charge in [-0.15, -0.1) is 0 Å². The maximum atomic E-state index is 11.1. The average molecular weight is 512 g/mol. The summed E-state index contributed by atoms with van der Waals surface area (Å²) in [7, 11) is 1.37. The van der Waals surface area contributed by atoms with Gasteiger partial charge in [-0.25, -0.2) is 0 Å².